The fourth-order valence-corrected chi connectivity index (χ4v) is 7.62. The summed E-state index contributed by atoms with van der Waals surface area (Å²) in [6.07, 6.45) is 3.79. The minimum atomic E-state index is -1.58. The van der Waals surface area contributed by atoms with Gasteiger partial charge >= 0.3 is 0 Å². The molecule has 1 fully saturated rings. The second-order valence-electron chi connectivity index (χ2n) is 11.2. The van der Waals surface area contributed by atoms with Gasteiger partial charge in [-0.15, -0.1) is 0 Å². The van der Waals surface area contributed by atoms with Crippen molar-refractivity contribution < 1.29 is 28.6 Å². The fourth-order valence-electron chi connectivity index (χ4n) is 7.35. The number of para-hydroxylation sites is 1. The second-order valence-corrected chi connectivity index (χ2v) is 12.2. The Morgan fingerprint density at radius 3 is 2.18 bits per heavy atom. The number of nitrogens with one attached hydrogen (secondary N) is 1. The maximum Gasteiger partial charge on any atom is 0.238 e. The lowest BCUT2D eigenvalue weighted by Gasteiger charge is -2.35. The Bertz CT molecular complexity index is 1880. The molecule has 3 aliphatic heterocycles. The molecular weight excluding hydrogens is 636 g/mol. The second kappa shape index (κ2) is 10.9. The molecule has 1 spiro atoms. The van der Waals surface area contributed by atoms with Crippen LogP contribution in [0.1, 0.15) is 43.4 Å². The SMILES string of the molecule is COc1cc(C(=O)[C@H]2[C@@H]3c4ccccc4C=CN3[C@H](C(=O)c3ccc(Br)cc3)[C@]23C(=O)Nc2ccccc23)cc(OC)c1OC. The highest BCUT2D eigenvalue weighted by molar-refractivity contribution is 9.10. The Morgan fingerprint density at radius 2 is 1.49 bits per heavy atom. The summed E-state index contributed by atoms with van der Waals surface area (Å²) in [5.74, 6) is -1.03. The van der Waals surface area contributed by atoms with Gasteiger partial charge in [-0.05, 0) is 53.1 Å². The molecule has 1 saturated heterocycles. The minimum Gasteiger partial charge on any atom is -0.493 e. The number of halogens is 1. The third-order valence-corrected chi connectivity index (χ3v) is 9.73. The van der Waals surface area contributed by atoms with Crippen LogP contribution in [0.25, 0.3) is 6.08 Å². The van der Waals surface area contributed by atoms with Crippen LogP contribution in [-0.4, -0.2) is 49.7 Å². The molecule has 8 nitrogen and oxygen atoms in total. The van der Waals surface area contributed by atoms with Crippen LogP contribution in [0.3, 0.4) is 0 Å². The first-order valence-electron chi connectivity index (χ1n) is 14.4. The molecule has 7 rings (SSSR count). The van der Waals surface area contributed by atoms with Gasteiger partial charge in [0.05, 0.1) is 33.3 Å². The minimum absolute atomic E-state index is 0.261. The molecule has 3 heterocycles. The Kier molecular flexibility index (Phi) is 7.00. The summed E-state index contributed by atoms with van der Waals surface area (Å²) in [6.45, 7) is 0. The Balaban J connectivity index is 1.53. The zero-order chi connectivity index (χ0) is 31.5. The van der Waals surface area contributed by atoms with Crippen LogP contribution >= 0.6 is 15.9 Å². The molecule has 0 aliphatic carbocycles. The van der Waals surface area contributed by atoms with E-state index in [4.69, 9.17) is 14.2 Å². The third kappa shape index (κ3) is 4.14. The van der Waals surface area contributed by atoms with E-state index in [2.05, 4.69) is 21.2 Å². The number of methoxy groups -OCH3 is 3. The number of rotatable bonds is 7. The van der Waals surface area contributed by atoms with Gasteiger partial charge in [-0.2, -0.15) is 0 Å². The van der Waals surface area contributed by atoms with E-state index in [-0.39, 0.29) is 17.1 Å². The predicted molar refractivity (Wildman–Crippen MR) is 173 cm³/mol. The number of carbonyl (C=O) groups is 3. The molecule has 3 aliphatic rings. The first kappa shape index (κ1) is 28.9. The standard InChI is InChI=1S/C36H29BrN2O6/c1-43-27-18-22(19-28(44-2)33(27)45-3)31(40)29-30-24-9-5-4-8-20(24)16-17-39(30)34(32(41)21-12-14-23(37)15-13-21)36(29)25-10-6-7-11-26(25)38-35(36)42/h4-19,29-30,34H,1-3H3,(H,38,42)/t29-,30+,34-,36-/m1/s1. The van der Waals surface area contributed by atoms with Crippen LogP contribution in [0.5, 0.6) is 17.2 Å². The smallest absolute Gasteiger partial charge is 0.238 e. The summed E-state index contributed by atoms with van der Waals surface area (Å²) in [4.78, 5) is 46.6. The van der Waals surface area contributed by atoms with Crippen molar-refractivity contribution in [1.82, 2.24) is 4.90 Å². The molecule has 4 aromatic rings. The van der Waals surface area contributed by atoms with Crippen molar-refractivity contribution in [2.75, 3.05) is 26.6 Å². The number of hydrogen-bond acceptors (Lipinski definition) is 7. The van der Waals surface area contributed by atoms with Crippen molar-refractivity contribution in [2.45, 2.75) is 17.5 Å². The molecule has 4 aromatic carbocycles. The van der Waals surface area contributed by atoms with Gasteiger partial charge in [0.15, 0.2) is 23.1 Å². The third-order valence-electron chi connectivity index (χ3n) is 9.20. The Hall–Kier alpha value is -4.89. The fraction of sp³-hybridized carbons (Fsp3) is 0.194. The van der Waals surface area contributed by atoms with Crippen LogP contribution in [0.4, 0.5) is 5.69 Å². The zero-order valence-electron chi connectivity index (χ0n) is 24.7. The molecule has 0 aromatic heterocycles. The van der Waals surface area contributed by atoms with Crippen molar-refractivity contribution >= 4 is 45.2 Å². The molecule has 0 saturated carbocycles. The van der Waals surface area contributed by atoms with E-state index in [0.29, 0.717) is 34.1 Å². The summed E-state index contributed by atoms with van der Waals surface area (Å²) >= 11 is 3.46. The van der Waals surface area contributed by atoms with E-state index in [1.165, 1.54) is 21.3 Å². The average Bonchev–Trinajstić information content (AvgIpc) is 3.55. The normalized spacial score (nSPS) is 22.4. The number of ether oxygens (including phenoxy) is 3. The van der Waals surface area contributed by atoms with Gasteiger partial charge < -0.3 is 24.4 Å². The number of Topliss-reactive ketones (excluding diaryl/α,β-unsaturated/α-hetero) is 2. The van der Waals surface area contributed by atoms with Gasteiger partial charge in [0.1, 0.15) is 11.5 Å². The molecule has 9 heteroatoms. The van der Waals surface area contributed by atoms with E-state index < -0.39 is 29.3 Å². The highest BCUT2D eigenvalue weighted by Crippen LogP contribution is 2.61. The monoisotopic (exact) mass is 664 g/mol. The Labute approximate surface area is 268 Å². The molecule has 0 bridgehead atoms. The molecule has 4 atom stereocenters. The topological polar surface area (TPSA) is 94.2 Å². The largest absolute Gasteiger partial charge is 0.493 e. The summed E-state index contributed by atoms with van der Waals surface area (Å²) in [5.41, 5.74) is 2.09. The van der Waals surface area contributed by atoms with Crippen LogP contribution in [-0.2, 0) is 10.2 Å². The van der Waals surface area contributed by atoms with Crippen LogP contribution in [0.2, 0.25) is 0 Å². The number of carbonyl (C=O) groups excluding carboxylic acids is 3. The van der Waals surface area contributed by atoms with Gasteiger partial charge in [0, 0.05) is 27.5 Å². The molecule has 1 amide bonds. The quantitative estimate of drug-likeness (QED) is 0.227. The average molecular weight is 666 g/mol. The van der Waals surface area contributed by atoms with Crippen molar-refractivity contribution in [1.29, 1.82) is 0 Å². The number of nitrogens with zero attached hydrogens (tertiary/aromatic N) is 1. The van der Waals surface area contributed by atoms with Crippen LogP contribution in [0.15, 0.2) is 95.6 Å². The van der Waals surface area contributed by atoms with E-state index >= 15 is 4.79 Å². The van der Waals surface area contributed by atoms with Crippen LogP contribution < -0.4 is 19.5 Å². The zero-order valence-corrected chi connectivity index (χ0v) is 26.3. The lowest BCUT2D eigenvalue weighted by Crippen LogP contribution is -2.54. The van der Waals surface area contributed by atoms with Crippen molar-refractivity contribution in [3.8, 4) is 17.2 Å². The number of benzene rings is 4. The van der Waals surface area contributed by atoms with Gasteiger partial charge in [-0.3, -0.25) is 14.4 Å². The molecular formula is C36H29BrN2O6. The molecule has 45 heavy (non-hydrogen) atoms. The summed E-state index contributed by atoms with van der Waals surface area (Å²) in [7, 11) is 4.47. The number of hydrogen-bond donors (Lipinski definition) is 1. The van der Waals surface area contributed by atoms with Crippen molar-refractivity contribution in [3.63, 3.8) is 0 Å². The predicted octanol–water partition coefficient (Wildman–Crippen LogP) is 6.46. The van der Waals surface area contributed by atoms with Crippen molar-refractivity contribution in [2.24, 2.45) is 5.92 Å². The lowest BCUT2D eigenvalue weighted by molar-refractivity contribution is -0.122. The molecule has 0 radical (unpaired) electrons. The summed E-state index contributed by atoms with van der Waals surface area (Å²) in [5, 5.41) is 3.04. The summed E-state index contributed by atoms with van der Waals surface area (Å²) in [6, 6.07) is 23.7. The van der Waals surface area contributed by atoms with Gasteiger partial charge in [-0.25, -0.2) is 0 Å². The van der Waals surface area contributed by atoms with E-state index in [1.54, 1.807) is 36.4 Å². The number of anilines is 1. The van der Waals surface area contributed by atoms with E-state index in [9.17, 15) is 9.59 Å². The first-order valence-corrected chi connectivity index (χ1v) is 15.2. The maximum absolute atomic E-state index is 15.2. The van der Waals surface area contributed by atoms with Crippen molar-refractivity contribution in [3.05, 3.63) is 123 Å². The van der Waals surface area contributed by atoms with E-state index in [0.717, 1.165) is 15.6 Å². The maximum atomic E-state index is 15.2. The van der Waals surface area contributed by atoms with Gasteiger partial charge in [0.25, 0.3) is 0 Å². The molecule has 226 valence electrons. The molecule has 0 unspecified atom stereocenters. The molecule has 1 N–H and O–H groups in total. The number of amides is 1. The number of fused-ring (bicyclic) bond motifs is 5. The lowest BCUT2D eigenvalue weighted by atomic mass is 9.63. The highest BCUT2D eigenvalue weighted by Gasteiger charge is 2.71. The van der Waals surface area contributed by atoms with Gasteiger partial charge in [-0.1, -0.05) is 70.5 Å². The van der Waals surface area contributed by atoms with Gasteiger partial charge in [0.2, 0.25) is 11.7 Å². The Morgan fingerprint density at radius 1 is 0.822 bits per heavy atom. The summed E-state index contributed by atoms with van der Waals surface area (Å²) < 4.78 is 17.5. The van der Waals surface area contributed by atoms with Crippen LogP contribution in [0, 0.1) is 5.92 Å². The van der Waals surface area contributed by atoms with E-state index in [1.807, 2.05) is 65.7 Å². The highest BCUT2D eigenvalue weighted by atomic mass is 79.9. The first-order chi connectivity index (χ1) is 21.8. The number of ketones is 2.